The summed E-state index contributed by atoms with van der Waals surface area (Å²) in [6.07, 6.45) is -0.402. The molecule has 0 aliphatic carbocycles. The van der Waals surface area contributed by atoms with Crippen molar-refractivity contribution in [2.24, 2.45) is 0 Å². The van der Waals surface area contributed by atoms with E-state index in [0.717, 1.165) is 6.07 Å². The van der Waals surface area contributed by atoms with Crippen molar-refractivity contribution in [1.82, 2.24) is 4.31 Å². The van der Waals surface area contributed by atoms with Gasteiger partial charge >= 0.3 is 0 Å². The lowest BCUT2D eigenvalue weighted by atomic mass is 10.0. The van der Waals surface area contributed by atoms with Gasteiger partial charge in [-0.05, 0) is 36.2 Å². The van der Waals surface area contributed by atoms with Crippen molar-refractivity contribution in [1.29, 1.82) is 0 Å². The molecule has 0 unspecified atom stereocenters. The molecule has 2 atom stereocenters. The Morgan fingerprint density at radius 1 is 1.20 bits per heavy atom. The van der Waals surface area contributed by atoms with Crippen LogP contribution in [0, 0.1) is 15.9 Å². The molecule has 0 amide bonds. The minimum atomic E-state index is -3.86. The fourth-order valence-electron chi connectivity index (χ4n) is 3.85. The Labute approximate surface area is 174 Å². The summed E-state index contributed by atoms with van der Waals surface area (Å²) in [6, 6.07) is 9.18. The molecule has 0 spiro atoms. The van der Waals surface area contributed by atoms with Crippen molar-refractivity contribution < 1.29 is 22.8 Å². The third-order valence-corrected chi connectivity index (χ3v) is 7.38. The first-order chi connectivity index (χ1) is 14.2. The maximum atomic E-state index is 13.3. The summed E-state index contributed by atoms with van der Waals surface area (Å²) in [5, 5.41) is 22.0. The predicted molar refractivity (Wildman–Crippen MR) is 110 cm³/mol. The van der Waals surface area contributed by atoms with Gasteiger partial charge in [0.25, 0.3) is 5.69 Å². The molecule has 1 fully saturated rings. The van der Waals surface area contributed by atoms with Crippen LogP contribution in [0.2, 0.25) is 0 Å². The Morgan fingerprint density at radius 3 is 2.40 bits per heavy atom. The van der Waals surface area contributed by atoms with Gasteiger partial charge in [0.15, 0.2) is 0 Å². The number of nitrogens with zero attached hydrogens (tertiary/aromatic N) is 3. The lowest BCUT2D eigenvalue weighted by Crippen LogP contribution is -2.31. The predicted octanol–water partition coefficient (Wildman–Crippen LogP) is 3.08. The number of benzene rings is 2. The Morgan fingerprint density at radius 2 is 1.83 bits per heavy atom. The monoisotopic (exact) mass is 437 g/mol. The number of halogens is 1. The van der Waals surface area contributed by atoms with Crippen molar-refractivity contribution in [2.75, 3.05) is 24.5 Å². The van der Waals surface area contributed by atoms with Crippen LogP contribution in [0.25, 0.3) is 0 Å². The minimum Gasteiger partial charge on any atom is -0.391 e. The first-order valence-corrected chi connectivity index (χ1v) is 11.1. The van der Waals surface area contributed by atoms with E-state index in [1.165, 1.54) is 28.6 Å². The maximum absolute atomic E-state index is 13.3. The fourth-order valence-corrected chi connectivity index (χ4v) is 5.32. The van der Waals surface area contributed by atoms with Gasteiger partial charge in [0.1, 0.15) is 11.5 Å². The van der Waals surface area contributed by atoms with Crippen LogP contribution < -0.4 is 4.90 Å². The van der Waals surface area contributed by atoms with Gasteiger partial charge in [0, 0.05) is 25.7 Å². The van der Waals surface area contributed by atoms with Gasteiger partial charge < -0.3 is 10.0 Å². The minimum absolute atomic E-state index is 0.144. The number of β-amino-alcohol motifs (C(OH)–C–C–N with tert-alkyl or cyclic N) is 1. The van der Waals surface area contributed by atoms with Crippen LogP contribution in [0.4, 0.5) is 15.8 Å². The summed E-state index contributed by atoms with van der Waals surface area (Å²) in [7, 11) is -3.86. The standard InChI is InChI=1S/C20H24FN3O5S/c1-3-22(4-2)30(28,29)17-9-10-18(20(12-17)24(26)27)23-13-16(25)11-19(23)14-5-7-15(21)8-6-14/h5-10,12,16,19,25H,3-4,11,13H2,1-2H3/t16-,19+/m0/s1. The summed E-state index contributed by atoms with van der Waals surface area (Å²) in [5.41, 5.74) is 0.566. The highest BCUT2D eigenvalue weighted by molar-refractivity contribution is 7.89. The van der Waals surface area contributed by atoms with Gasteiger partial charge in [0.2, 0.25) is 10.0 Å². The molecule has 10 heteroatoms. The number of hydrogen-bond donors (Lipinski definition) is 1. The molecule has 3 rings (SSSR count). The summed E-state index contributed by atoms with van der Waals surface area (Å²) >= 11 is 0. The second-order valence-corrected chi connectivity index (χ2v) is 9.04. The van der Waals surface area contributed by atoms with Crippen LogP contribution >= 0.6 is 0 Å². The number of aliphatic hydroxyl groups is 1. The van der Waals surface area contributed by atoms with E-state index < -0.39 is 32.9 Å². The van der Waals surface area contributed by atoms with Crippen LogP contribution in [0.5, 0.6) is 0 Å². The highest BCUT2D eigenvalue weighted by Gasteiger charge is 2.36. The van der Waals surface area contributed by atoms with Crippen LogP contribution in [-0.4, -0.2) is 48.5 Å². The lowest BCUT2D eigenvalue weighted by molar-refractivity contribution is -0.384. The van der Waals surface area contributed by atoms with E-state index in [0.29, 0.717) is 12.0 Å². The number of nitro benzene ring substituents is 1. The highest BCUT2D eigenvalue weighted by Crippen LogP contribution is 2.41. The number of aliphatic hydroxyl groups excluding tert-OH is 1. The zero-order valence-electron chi connectivity index (χ0n) is 16.7. The van der Waals surface area contributed by atoms with E-state index in [4.69, 9.17) is 0 Å². The van der Waals surface area contributed by atoms with E-state index in [1.807, 2.05) is 0 Å². The molecular formula is C20H24FN3O5S. The molecule has 2 aromatic rings. The van der Waals surface area contributed by atoms with Gasteiger partial charge in [0.05, 0.1) is 22.0 Å². The molecule has 0 bridgehead atoms. The summed E-state index contributed by atoms with van der Waals surface area (Å²) < 4.78 is 40.1. The zero-order valence-corrected chi connectivity index (χ0v) is 17.5. The second-order valence-electron chi connectivity index (χ2n) is 7.11. The van der Waals surface area contributed by atoms with Gasteiger partial charge in [-0.2, -0.15) is 4.31 Å². The molecule has 1 heterocycles. The topological polar surface area (TPSA) is 104 Å². The smallest absolute Gasteiger partial charge is 0.293 e. The average molecular weight is 437 g/mol. The molecule has 8 nitrogen and oxygen atoms in total. The van der Waals surface area contributed by atoms with Gasteiger partial charge in [-0.25, -0.2) is 12.8 Å². The number of sulfonamides is 1. The van der Waals surface area contributed by atoms with E-state index >= 15 is 0 Å². The molecule has 2 aromatic carbocycles. The van der Waals surface area contributed by atoms with Gasteiger partial charge in [-0.1, -0.05) is 26.0 Å². The second kappa shape index (κ2) is 8.66. The van der Waals surface area contributed by atoms with E-state index in [-0.39, 0.29) is 35.9 Å². The van der Waals surface area contributed by atoms with Gasteiger partial charge in [-0.3, -0.25) is 10.1 Å². The first kappa shape index (κ1) is 22.1. The van der Waals surface area contributed by atoms with Crippen molar-refractivity contribution in [3.05, 3.63) is 64.0 Å². The first-order valence-electron chi connectivity index (χ1n) is 9.67. The van der Waals surface area contributed by atoms with Crippen LogP contribution in [0.15, 0.2) is 47.4 Å². The number of anilines is 1. The average Bonchev–Trinajstić information content (AvgIpc) is 3.10. The van der Waals surface area contributed by atoms with E-state index in [9.17, 15) is 28.0 Å². The van der Waals surface area contributed by atoms with E-state index in [2.05, 4.69) is 0 Å². The number of hydrogen-bond acceptors (Lipinski definition) is 6. The van der Waals surface area contributed by atoms with Crippen molar-refractivity contribution >= 4 is 21.4 Å². The fraction of sp³-hybridized carbons (Fsp3) is 0.400. The van der Waals surface area contributed by atoms with Crippen LogP contribution in [-0.2, 0) is 10.0 Å². The van der Waals surface area contributed by atoms with Crippen molar-refractivity contribution in [3.63, 3.8) is 0 Å². The molecule has 1 aliphatic rings. The molecule has 162 valence electrons. The van der Waals surface area contributed by atoms with Crippen molar-refractivity contribution in [2.45, 2.75) is 37.3 Å². The Kier molecular flexibility index (Phi) is 6.39. The van der Waals surface area contributed by atoms with Gasteiger partial charge in [-0.15, -0.1) is 0 Å². The molecule has 1 N–H and O–H groups in total. The lowest BCUT2D eigenvalue weighted by Gasteiger charge is -2.27. The van der Waals surface area contributed by atoms with Crippen LogP contribution in [0.1, 0.15) is 31.9 Å². The van der Waals surface area contributed by atoms with Crippen molar-refractivity contribution in [3.8, 4) is 0 Å². The Balaban J connectivity index is 2.06. The largest absolute Gasteiger partial charge is 0.391 e. The molecule has 0 radical (unpaired) electrons. The maximum Gasteiger partial charge on any atom is 0.293 e. The summed E-state index contributed by atoms with van der Waals surface area (Å²) in [4.78, 5) is 12.7. The third kappa shape index (κ3) is 4.16. The van der Waals surface area contributed by atoms with E-state index in [1.54, 1.807) is 30.9 Å². The third-order valence-electron chi connectivity index (χ3n) is 5.33. The highest BCUT2D eigenvalue weighted by atomic mass is 32.2. The normalized spacial score (nSPS) is 19.4. The molecule has 1 aliphatic heterocycles. The molecule has 1 saturated heterocycles. The quantitative estimate of drug-likeness (QED) is 0.527. The molecular weight excluding hydrogens is 413 g/mol. The Hall–Kier alpha value is -2.56. The van der Waals surface area contributed by atoms with Crippen LogP contribution in [0.3, 0.4) is 0 Å². The molecule has 0 saturated carbocycles. The Bertz CT molecular complexity index is 1030. The zero-order chi connectivity index (χ0) is 22.1. The number of rotatable bonds is 7. The summed E-state index contributed by atoms with van der Waals surface area (Å²) in [5.74, 6) is -0.402. The molecule has 30 heavy (non-hydrogen) atoms. The SMILES string of the molecule is CCN(CC)S(=O)(=O)c1ccc(N2C[C@@H](O)C[C@@H]2c2ccc(F)cc2)c([N+](=O)[O-])c1. The number of nitro groups is 1. The molecule has 0 aromatic heterocycles. The summed E-state index contributed by atoms with van der Waals surface area (Å²) in [6.45, 7) is 4.04.